The Labute approximate surface area is 120 Å². The number of imidazole rings is 1. The van der Waals surface area contributed by atoms with Crippen molar-refractivity contribution < 1.29 is 19.4 Å². The fourth-order valence-electron chi connectivity index (χ4n) is 1.66. The summed E-state index contributed by atoms with van der Waals surface area (Å²) in [5.41, 5.74) is 0.325. The third-order valence-electron chi connectivity index (χ3n) is 2.67. The number of benzene rings is 1. The zero-order chi connectivity index (χ0) is 15.2. The molecule has 110 valence electrons. The molecule has 8 heteroatoms. The number of amides is 2. The number of methoxy groups -OCH3 is 1. The van der Waals surface area contributed by atoms with E-state index in [2.05, 4.69) is 20.6 Å². The van der Waals surface area contributed by atoms with E-state index in [4.69, 9.17) is 9.84 Å². The highest BCUT2D eigenvalue weighted by Crippen LogP contribution is 2.25. The van der Waals surface area contributed by atoms with Crippen molar-refractivity contribution in [3.8, 4) is 5.75 Å². The average molecular weight is 290 g/mol. The molecule has 0 saturated heterocycles. The summed E-state index contributed by atoms with van der Waals surface area (Å²) < 4.78 is 5.08. The first-order valence-corrected chi connectivity index (χ1v) is 6.04. The van der Waals surface area contributed by atoms with Crippen molar-refractivity contribution in [3.63, 3.8) is 0 Å². The summed E-state index contributed by atoms with van der Waals surface area (Å²) in [7, 11) is 1.43. The number of nitrogens with zero attached hydrogens (tertiary/aromatic N) is 1. The minimum atomic E-state index is -1.09. The molecule has 0 aliphatic heterocycles. The molecule has 0 aliphatic rings. The maximum atomic E-state index is 11.8. The van der Waals surface area contributed by atoms with Crippen molar-refractivity contribution in [2.75, 3.05) is 12.4 Å². The van der Waals surface area contributed by atoms with E-state index < -0.39 is 12.0 Å². The lowest BCUT2D eigenvalue weighted by molar-refractivity contribution is 0.0697. The molecule has 2 amide bonds. The Hall–Kier alpha value is -3.03. The van der Waals surface area contributed by atoms with E-state index in [1.807, 2.05) is 0 Å². The van der Waals surface area contributed by atoms with Crippen LogP contribution in [0.3, 0.4) is 0 Å². The Balaban J connectivity index is 2.04. The van der Waals surface area contributed by atoms with E-state index in [1.165, 1.54) is 25.3 Å². The summed E-state index contributed by atoms with van der Waals surface area (Å²) in [5.74, 6) is -0.110. The molecule has 0 saturated carbocycles. The minimum Gasteiger partial charge on any atom is -0.495 e. The number of ether oxygens (including phenoxy) is 1. The smallest absolute Gasteiger partial charge is 0.335 e. The lowest BCUT2D eigenvalue weighted by Gasteiger charge is -2.11. The number of anilines is 1. The van der Waals surface area contributed by atoms with Crippen LogP contribution in [0.1, 0.15) is 16.2 Å². The summed E-state index contributed by atoms with van der Waals surface area (Å²) in [6.45, 7) is 0.222. The normalized spacial score (nSPS) is 9.95. The molecule has 0 radical (unpaired) electrons. The number of aromatic carboxylic acids is 1. The van der Waals surface area contributed by atoms with Gasteiger partial charge in [0.1, 0.15) is 11.6 Å². The van der Waals surface area contributed by atoms with E-state index >= 15 is 0 Å². The summed E-state index contributed by atoms with van der Waals surface area (Å²) >= 11 is 0. The van der Waals surface area contributed by atoms with E-state index in [0.717, 1.165) is 0 Å². The third-order valence-corrected chi connectivity index (χ3v) is 2.67. The van der Waals surface area contributed by atoms with Gasteiger partial charge in [-0.15, -0.1) is 0 Å². The van der Waals surface area contributed by atoms with Gasteiger partial charge in [0.25, 0.3) is 0 Å². The van der Waals surface area contributed by atoms with Crippen LogP contribution < -0.4 is 15.4 Å². The molecular weight excluding hydrogens is 276 g/mol. The number of aromatic amines is 1. The molecule has 2 rings (SSSR count). The van der Waals surface area contributed by atoms with Gasteiger partial charge in [0.2, 0.25) is 0 Å². The summed E-state index contributed by atoms with van der Waals surface area (Å²) in [4.78, 5) is 29.5. The van der Waals surface area contributed by atoms with Gasteiger partial charge in [-0.3, -0.25) is 0 Å². The van der Waals surface area contributed by atoms with Gasteiger partial charge >= 0.3 is 12.0 Å². The molecule has 1 aromatic carbocycles. The Bertz CT molecular complexity index is 640. The largest absolute Gasteiger partial charge is 0.495 e. The number of hydrogen-bond acceptors (Lipinski definition) is 4. The monoisotopic (exact) mass is 290 g/mol. The van der Waals surface area contributed by atoms with Gasteiger partial charge in [-0.2, -0.15) is 0 Å². The first-order chi connectivity index (χ1) is 10.1. The van der Waals surface area contributed by atoms with E-state index in [9.17, 15) is 9.59 Å². The molecule has 0 atom stereocenters. The number of H-pyrrole nitrogens is 1. The number of nitrogens with one attached hydrogen (secondary N) is 3. The number of carboxylic acids is 1. The van der Waals surface area contributed by atoms with Crippen molar-refractivity contribution in [1.82, 2.24) is 15.3 Å². The van der Waals surface area contributed by atoms with Crippen LogP contribution in [0, 0.1) is 0 Å². The predicted octanol–water partition coefficient (Wildman–Crippen LogP) is 1.44. The lowest BCUT2D eigenvalue weighted by atomic mass is 10.2. The number of carbonyl (C=O) groups excluding carboxylic acids is 1. The second-order valence-corrected chi connectivity index (χ2v) is 4.06. The molecule has 0 aliphatic carbocycles. The molecule has 2 aromatic rings. The molecule has 1 aromatic heterocycles. The quantitative estimate of drug-likeness (QED) is 0.665. The number of carboxylic acid groups (broad SMARTS) is 1. The molecule has 0 spiro atoms. The summed E-state index contributed by atoms with van der Waals surface area (Å²) in [5, 5.41) is 14.1. The molecule has 0 fully saturated rings. The minimum absolute atomic E-state index is 0.0529. The molecule has 8 nitrogen and oxygen atoms in total. The van der Waals surface area contributed by atoms with E-state index in [-0.39, 0.29) is 17.8 Å². The maximum absolute atomic E-state index is 11.8. The zero-order valence-electron chi connectivity index (χ0n) is 11.2. The van der Waals surface area contributed by atoms with Gasteiger partial charge in [0, 0.05) is 12.4 Å². The second-order valence-electron chi connectivity index (χ2n) is 4.06. The SMILES string of the molecule is COc1ccc(C(=O)O)cc1NC(=O)NCc1ncc[nH]1. The molecule has 0 unspecified atom stereocenters. The number of urea groups is 1. The number of rotatable bonds is 5. The molecule has 21 heavy (non-hydrogen) atoms. The van der Waals surface area contributed by atoms with Crippen LogP contribution in [0.15, 0.2) is 30.6 Å². The number of hydrogen-bond donors (Lipinski definition) is 4. The number of carbonyl (C=O) groups is 2. The highest BCUT2D eigenvalue weighted by molar-refractivity contribution is 5.94. The third kappa shape index (κ3) is 3.72. The molecule has 0 bridgehead atoms. The van der Waals surface area contributed by atoms with Crippen molar-refractivity contribution >= 4 is 17.7 Å². The Morgan fingerprint density at radius 2 is 2.24 bits per heavy atom. The van der Waals surface area contributed by atoms with E-state index in [1.54, 1.807) is 12.4 Å². The Morgan fingerprint density at radius 1 is 1.43 bits per heavy atom. The number of aromatic nitrogens is 2. The highest BCUT2D eigenvalue weighted by Gasteiger charge is 2.11. The topological polar surface area (TPSA) is 116 Å². The van der Waals surface area contributed by atoms with Crippen molar-refractivity contribution in [3.05, 3.63) is 42.0 Å². The van der Waals surface area contributed by atoms with Gasteiger partial charge in [0.15, 0.2) is 0 Å². The Kier molecular flexibility index (Phi) is 4.39. The van der Waals surface area contributed by atoms with Crippen molar-refractivity contribution in [2.24, 2.45) is 0 Å². The standard InChI is InChI=1S/C13H14N4O4/c1-21-10-3-2-8(12(18)19)6-9(10)17-13(20)16-7-11-14-4-5-15-11/h2-6H,7H2,1H3,(H,14,15)(H,18,19)(H2,16,17,20). The van der Waals surface area contributed by atoms with Crippen LogP contribution in [0.4, 0.5) is 10.5 Å². The molecule has 4 N–H and O–H groups in total. The first-order valence-electron chi connectivity index (χ1n) is 6.04. The van der Waals surface area contributed by atoms with Gasteiger partial charge in [0.05, 0.1) is 24.9 Å². The average Bonchev–Trinajstić information content (AvgIpc) is 2.98. The van der Waals surface area contributed by atoms with Crippen molar-refractivity contribution in [1.29, 1.82) is 0 Å². The highest BCUT2D eigenvalue weighted by atomic mass is 16.5. The second kappa shape index (κ2) is 6.42. The first kappa shape index (κ1) is 14.4. The Morgan fingerprint density at radius 3 is 2.86 bits per heavy atom. The lowest BCUT2D eigenvalue weighted by Crippen LogP contribution is -2.28. The van der Waals surface area contributed by atoms with E-state index in [0.29, 0.717) is 11.6 Å². The summed E-state index contributed by atoms with van der Waals surface area (Å²) in [6.07, 6.45) is 3.22. The van der Waals surface area contributed by atoms with Crippen molar-refractivity contribution in [2.45, 2.75) is 6.54 Å². The predicted molar refractivity (Wildman–Crippen MR) is 74.4 cm³/mol. The fraction of sp³-hybridized carbons (Fsp3) is 0.154. The van der Waals surface area contributed by atoms with Gasteiger partial charge in [-0.05, 0) is 18.2 Å². The van der Waals surface area contributed by atoms with Crippen LogP contribution in [0.2, 0.25) is 0 Å². The van der Waals surface area contributed by atoms with Crippen LogP contribution in [0.5, 0.6) is 5.75 Å². The van der Waals surface area contributed by atoms with Crippen LogP contribution in [-0.4, -0.2) is 34.2 Å². The van der Waals surface area contributed by atoms with Gasteiger partial charge < -0.3 is 25.5 Å². The van der Waals surface area contributed by atoms with Gasteiger partial charge in [-0.1, -0.05) is 0 Å². The van der Waals surface area contributed by atoms with Crippen LogP contribution >= 0.6 is 0 Å². The summed E-state index contributed by atoms with van der Waals surface area (Å²) in [6, 6.07) is 3.71. The molecule has 1 heterocycles. The maximum Gasteiger partial charge on any atom is 0.335 e. The van der Waals surface area contributed by atoms with Gasteiger partial charge in [-0.25, -0.2) is 14.6 Å². The molecular formula is C13H14N4O4. The zero-order valence-corrected chi connectivity index (χ0v) is 11.2. The van der Waals surface area contributed by atoms with Crippen LogP contribution in [-0.2, 0) is 6.54 Å². The van der Waals surface area contributed by atoms with Crippen LogP contribution in [0.25, 0.3) is 0 Å². The fourth-order valence-corrected chi connectivity index (χ4v) is 1.66.